The van der Waals surface area contributed by atoms with Crippen LogP contribution < -0.4 is 4.90 Å². The molecule has 1 aromatic carbocycles. The van der Waals surface area contributed by atoms with Gasteiger partial charge in [0.15, 0.2) is 0 Å². The van der Waals surface area contributed by atoms with Gasteiger partial charge in [0.1, 0.15) is 5.82 Å². The molecule has 1 fully saturated rings. The van der Waals surface area contributed by atoms with Crippen molar-refractivity contribution in [2.24, 2.45) is 0 Å². The summed E-state index contributed by atoms with van der Waals surface area (Å²) < 4.78 is 14.0. The largest absolute Gasteiger partial charge is 0.365 e. The first kappa shape index (κ1) is 13.8. The van der Waals surface area contributed by atoms with Crippen molar-refractivity contribution in [2.45, 2.75) is 33.2 Å². The smallest absolute Gasteiger partial charge is 0.220 e. The van der Waals surface area contributed by atoms with Gasteiger partial charge in [-0.3, -0.25) is 4.79 Å². The first-order valence-corrected chi connectivity index (χ1v) is 6.60. The van der Waals surface area contributed by atoms with Gasteiger partial charge in [0.2, 0.25) is 5.91 Å². The average molecular weight is 264 g/mol. The van der Waals surface area contributed by atoms with E-state index in [0.717, 1.165) is 5.56 Å². The third kappa shape index (κ3) is 2.72. The van der Waals surface area contributed by atoms with Crippen molar-refractivity contribution in [2.75, 3.05) is 24.5 Å². The molecule has 3 nitrogen and oxygen atoms in total. The lowest BCUT2D eigenvalue weighted by molar-refractivity contribution is -0.134. The summed E-state index contributed by atoms with van der Waals surface area (Å²) in [5.74, 6) is -0.110. The van der Waals surface area contributed by atoms with Gasteiger partial charge in [0, 0.05) is 26.6 Å². The van der Waals surface area contributed by atoms with E-state index < -0.39 is 0 Å². The fraction of sp³-hybridized carbons (Fsp3) is 0.533. The minimum absolute atomic E-state index is 0.0778. The first-order valence-electron chi connectivity index (χ1n) is 6.60. The van der Waals surface area contributed by atoms with Gasteiger partial charge in [-0.05, 0) is 38.5 Å². The fourth-order valence-electron chi connectivity index (χ4n) is 2.81. The standard InChI is InChI=1S/C15H21FN2O/c1-11-5-6-14(13(16)9-11)17-7-8-18(12(2)19)15(3,4)10-17/h5-6,9H,7-8,10H2,1-4H3. The molecule has 0 N–H and O–H groups in total. The van der Waals surface area contributed by atoms with Gasteiger partial charge >= 0.3 is 0 Å². The Kier molecular flexibility index (Phi) is 3.52. The number of aryl methyl sites for hydroxylation is 1. The van der Waals surface area contributed by atoms with E-state index in [1.807, 2.05) is 42.7 Å². The van der Waals surface area contributed by atoms with Gasteiger partial charge in [-0.25, -0.2) is 4.39 Å². The number of carbonyl (C=O) groups is 1. The molecule has 1 aromatic rings. The summed E-state index contributed by atoms with van der Waals surface area (Å²) in [6, 6.07) is 5.30. The lowest BCUT2D eigenvalue weighted by atomic mass is 9.98. The summed E-state index contributed by atoms with van der Waals surface area (Å²) in [4.78, 5) is 15.5. The van der Waals surface area contributed by atoms with Gasteiger partial charge < -0.3 is 9.80 Å². The highest BCUT2D eigenvalue weighted by Crippen LogP contribution is 2.27. The summed E-state index contributed by atoms with van der Waals surface area (Å²) in [6.07, 6.45) is 0. The molecule has 19 heavy (non-hydrogen) atoms. The number of rotatable bonds is 1. The summed E-state index contributed by atoms with van der Waals surface area (Å²) in [7, 11) is 0. The molecule has 0 atom stereocenters. The Hall–Kier alpha value is -1.58. The van der Waals surface area contributed by atoms with E-state index in [2.05, 4.69) is 0 Å². The van der Waals surface area contributed by atoms with Crippen LogP contribution in [0.5, 0.6) is 0 Å². The summed E-state index contributed by atoms with van der Waals surface area (Å²) in [5.41, 5.74) is 1.27. The molecule has 1 aliphatic heterocycles. The van der Waals surface area contributed by atoms with Crippen LogP contribution in [0.25, 0.3) is 0 Å². The SMILES string of the molecule is CC(=O)N1CCN(c2ccc(C)cc2F)CC1(C)C. The van der Waals surface area contributed by atoms with Crippen LogP contribution in [0.4, 0.5) is 10.1 Å². The van der Waals surface area contributed by atoms with E-state index in [4.69, 9.17) is 0 Å². The zero-order valence-electron chi connectivity index (χ0n) is 12.0. The van der Waals surface area contributed by atoms with Gasteiger partial charge in [0.05, 0.1) is 11.2 Å². The summed E-state index contributed by atoms with van der Waals surface area (Å²) >= 11 is 0. The third-order valence-electron chi connectivity index (χ3n) is 3.73. The maximum Gasteiger partial charge on any atom is 0.220 e. The summed E-state index contributed by atoms with van der Waals surface area (Å²) in [6.45, 7) is 9.46. The van der Waals surface area contributed by atoms with Crippen molar-refractivity contribution < 1.29 is 9.18 Å². The number of hydrogen-bond donors (Lipinski definition) is 0. The topological polar surface area (TPSA) is 23.6 Å². The molecule has 0 radical (unpaired) electrons. The molecule has 0 saturated carbocycles. The number of carbonyl (C=O) groups excluding carboxylic acids is 1. The molecule has 1 amide bonds. The Morgan fingerprint density at radius 3 is 2.53 bits per heavy atom. The van der Waals surface area contributed by atoms with Crippen molar-refractivity contribution in [1.82, 2.24) is 4.90 Å². The molecule has 0 unspecified atom stereocenters. The second-order valence-electron chi connectivity index (χ2n) is 5.86. The van der Waals surface area contributed by atoms with E-state index in [9.17, 15) is 9.18 Å². The highest BCUT2D eigenvalue weighted by molar-refractivity contribution is 5.74. The zero-order chi connectivity index (χ0) is 14.2. The van der Waals surface area contributed by atoms with Crippen molar-refractivity contribution in [1.29, 1.82) is 0 Å². The van der Waals surface area contributed by atoms with E-state index in [1.54, 1.807) is 13.0 Å². The molecular weight excluding hydrogens is 243 g/mol. The number of anilines is 1. The van der Waals surface area contributed by atoms with Crippen LogP contribution in [0, 0.1) is 12.7 Å². The van der Waals surface area contributed by atoms with Crippen molar-refractivity contribution in [3.63, 3.8) is 0 Å². The highest BCUT2D eigenvalue weighted by Gasteiger charge is 2.35. The van der Waals surface area contributed by atoms with E-state index in [0.29, 0.717) is 25.3 Å². The highest BCUT2D eigenvalue weighted by atomic mass is 19.1. The number of halogens is 1. The lowest BCUT2D eigenvalue weighted by Gasteiger charge is -2.47. The Bertz CT molecular complexity index is 499. The van der Waals surface area contributed by atoms with Crippen molar-refractivity contribution in [3.8, 4) is 0 Å². The molecule has 0 bridgehead atoms. The Balaban J connectivity index is 2.23. The van der Waals surface area contributed by atoms with Crippen LogP contribution in [-0.2, 0) is 4.79 Å². The fourth-order valence-corrected chi connectivity index (χ4v) is 2.81. The molecule has 1 saturated heterocycles. The van der Waals surface area contributed by atoms with Gasteiger partial charge in [0.25, 0.3) is 0 Å². The minimum atomic E-state index is -0.276. The molecular formula is C15H21FN2O. The number of hydrogen-bond acceptors (Lipinski definition) is 2. The Labute approximate surface area is 114 Å². The summed E-state index contributed by atoms with van der Waals surface area (Å²) in [5, 5.41) is 0. The second-order valence-corrected chi connectivity index (χ2v) is 5.86. The van der Waals surface area contributed by atoms with Crippen molar-refractivity contribution in [3.05, 3.63) is 29.6 Å². The first-order chi connectivity index (χ1) is 8.81. The van der Waals surface area contributed by atoms with Gasteiger partial charge in [-0.1, -0.05) is 6.07 Å². The van der Waals surface area contributed by atoms with Crippen LogP contribution in [-0.4, -0.2) is 36.0 Å². The molecule has 2 rings (SSSR count). The number of amides is 1. The lowest BCUT2D eigenvalue weighted by Crippen LogP contribution is -2.60. The molecule has 1 aliphatic rings. The quantitative estimate of drug-likeness (QED) is 0.778. The van der Waals surface area contributed by atoms with Gasteiger partial charge in [-0.15, -0.1) is 0 Å². The molecule has 0 spiro atoms. The predicted molar refractivity (Wildman–Crippen MR) is 74.8 cm³/mol. The second kappa shape index (κ2) is 4.83. The molecule has 4 heteroatoms. The van der Waals surface area contributed by atoms with Crippen LogP contribution in [0.2, 0.25) is 0 Å². The zero-order valence-corrected chi connectivity index (χ0v) is 12.0. The number of benzene rings is 1. The van der Waals surface area contributed by atoms with E-state index in [1.165, 1.54) is 0 Å². The van der Waals surface area contributed by atoms with Crippen LogP contribution >= 0.6 is 0 Å². The third-order valence-corrected chi connectivity index (χ3v) is 3.73. The average Bonchev–Trinajstić information content (AvgIpc) is 2.26. The van der Waals surface area contributed by atoms with Crippen LogP contribution in [0.3, 0.4) is 0 Å². The van der Waals surface area contributed by atoms with E-state index >= 15 is 0 Å². The Morgan fingerprint density at radius 1 is 1.32 bits per heavy atom. The molecule has 0 aliphatic carbocycles. The predicted octanol–water partition coefficient (Wildman–Crippen LogP) is 2.58. The van der Waals surface area contributed by atoms with Crippen LogP contribution in [0.1, 0.15) is 26.3 Å². The normalized spacial score (nSPS) is 18.6. The number of nitrogens with zero attached hydrogens (tertiary/aromatic N) is 2. The molecule has 0 aromatic heterocycles. The molecule has 104 valence electrons. The molecule has 1 heterocycles. The minimum Gasteiger partial charge on any atom is -0.365 e. The number of piperazine rings is 1. The Morgan fingerprint density at radius 2 is 2.00 bits per heavy atom. The van der Waals surface area contributed by atoms with E-state index in [-0.39, 0.29) is 17.3 Å². The van der Waals surface area contributed by atoms with Gasteiger partial charge in [-0.2, -0.15) is 0 Å². The van der Waals surface area contributed by atoms with Crippen LogP contribution in [0.15, 0.2) is 18.2 Å². The maximum absolute atomic E-state index is 14.0. The van der Waals surface area contributed by atoms with Crippen molar-refractivity contribution >= 4 is 11.6 Å². The monoisotopic (exact) mass is 264 g/mol. The maximum atomic E-state index is 14.0.